The van der Waals surface area contributed by atoms with Gasteiger partial charge in [-0.25, -0.2) is 15.0 Å². The third-order valence-electron chi connectivity index (χ3n) is 3.23. The number of phenols is 1. The summed E-state index contributed by atoms with van der Waals surface area (Å²) in [6.07, 6.45) is 2.91. The Labute approximate surface area is 375 Å². The fraction of sp³-hybridized carbons (Fsp3) is 0. The minimum atomic E-state index is -0.181. The SMILES string of the molecule is Nc1ncc(Cl)c(Oc2cccc(I)c2)n1.Nc1nccc(Cl)n1.O=CO[O-].Oc1cccc(I)c1.[Cs+].[Cs+].[H-]. The van der Waals surface area contributed by atoms with Gasteiger partial charge in [0.15, 0.2) is 0 Å². The van der Waals surface area contributed by atoms with E-state index in [4.69, 9.17) is 54.6 Å². The molecule has 0 atom stereocenters. The number of aromatic nitrogens is 4. The number of nitrogen functional groups attached to an aromatic ring is 2. The molecule has 0 radical (unpaired) electrons. The van der Waals surface area contributed by atoms with Gasteiger partial charge in [0.2, 0.25) is 17.8 Å². The van der Waals surface area contributed by atoms with Gasteiger partial charge >= 0.3 is 138 Å². The van der Waals surface area contributed by atoms with Gasteiger partial charge in [-0.2, -0.15) is 4.98 Å². The van der Waals surface area contributed by atoms with Gasteiger partial charge in [0.25, 0.3) is 6.47 Å². The van der Waals surface area contributed by atoms with Gasteiger partial charge in [0.1, 0.15) is 21.7 Å². The molecule has 0 amide bonds. The maximum Gasteiger partial charge on any atom is 1.00 e. The van der Waals surface area contributed by atoms with Crippen LogP contribution in [-0.2, 0) is 9.68 Å². The van der Waals surface area contributed by atoms with Crippen molar-refractivity contribution in [2.24, 2.45) is 0 Å². The Bertz CT molecular complexity index is 1180. The molecule has 2 heterocycles. The van der Waals surface area contributed by atoms with Crippen molar-refractivity contribution in [3.05, 3.63) is 84.3 Å². The summed E-state index contributed by atoms with van der Waals surface area (Å²) in [4.78, 5) is 26.1. The van der Waals surface area contributed by atoms with Crippen molar-refractivity contribution >= 4 is 86.8 Å². The number of carbonyl (C=O) groups is 1. The first kappa shape index (κ1) is 41.5. The number of hydrogen-bond acceptors (Lipinski definition) is 11. The number of nitrogens with two attached hydrogens (primary N) is 2. The Morgan fingerprint density at radius 1 is 0.947 bits per heavy atom. The molecule has 0 spiro atoms. The number of carbonyl (C=O) groups excluding carboxylic acids is 1. The molecule has 0 aliphatic rings. The van der Waals surface area contributed by atoms with E-state index in [0.29, 0.717) is 21.7 Å². The molecular weight excluding hydrogens is 1010 g/mol. The molecule has 11 nitrogen and oxygen atoms in total. The largest absolute Gasteiger partial charge is 1.00 e. The number of halogens is 4. The Hall–Kier alpha value is 1.37. The molecule has 5 N–H and O–H groups in total. The first-order valence-electron chi connectivity index (χ1n) is 9.26. The van der Waals surface area contributed by atoms with Gasteiger partial charge < -0.3 is 32.9 Å². The molecule has 0 saturated heterocycles. The summed E-state index contributed by atoms with van der Waals surface area (Å²) in [5, 5.41) is 17.9. The van der Waals surface area contributed by atoms with Crippen LogP contribution in [0, 0.1) is 7.14 Å². The Balaban J connectivity index is -0.000000483. The predicted molar refractivity (Wildman–Crippen MR) is 151 cm³/mol. The normalized spacial score (nSPS) is 8.66. The number of benzene rings is 2. The number of nitrogens with zero attached hydrogens (tertiary/aromatic N) is 4. The summed E-state index contributed by atoms with van der Waals surface area (Å²) in [5.41, 5.74) is 10.6. The zero-order valence-corrected chi connectivity index (χ0v) is 38.4. The molecule has 0 fully saturated rings. The number of ether oxygens (including phenoxy) is 1. The number of aromatic hydroxyl groups is 1. The maximum absolute atomic E-state index is 8.81. The number of phenolic OH excluding ortho intramolecular Hbond substituents is 1. The Kier molecular flexibility index (Phi) is 27.2. The summed E-state index contributed by atoms with van der Waals surface area (Å²) in [6, 6.07) is 16.2. The summed E-state index contributed by atoms with van der Waals surface area (Å²) in [5.74, 6) is 1.59. The van der Waals surface area contributed by atoms with Crippen molar-refractivity contribution in [2.75, 3.05) is 11.5 Å². The number of anilines is 2. The monoisotopic (exact) mass is 1020 g/mol. The maximum atomic E-state index is 8.81. The molecule has 4 rings (SSSR count). The van der Waals surface area contributed by atoms with Crippen LogP contribution in [-0.4, -0.2) is 31.5 Å². The van der Waals surface area contributed by atoms with Crippen LogP contribution in [0.5, 0.6) is 17.4 Å². The van der Waals surface area contributed by atoms with Gasteiger partial charge in [-0.3, -0.25) is 4.79 Å². The topological polar surface area (TPSA) is 182 Å². The quantitative estimate of drug-likeness (QED) is 0.0706. The Morgan fingerprint density at radius 2 is 1.53 bits per heavy atom. The van der Waals surface area contributed by atoms with Crippen LogP contribution in [0.4, 0.5) is 11.9 Å². The molecule has 38 heavy (non-hydrogen) atoms. The van der Waals surface area contributed by atoms with Gasteiger partial charge in [0, 0.05) is 13.3 Å². The number of hydrogen-bond donors (Lipinski definition) is 3. The third kappa shape index (κ3) is 20.3. The minimum Gasteiger partial charge on any atom is -1.00 e. The summed E-state index contributed by atoms with van der Waals surface area (Å²) >= 11 is 15.6. The molecule has 0 saturated carbocycles. The van der Waals surface area contributed by atoms with E-state index in [1.54, 1.807) is 18.2 Å². The van der Waals surface area contributed by atoms with Gasteiger partial charge in [-0.15, -0.1) is 0 Å². The van der Waals surface area contributed by atoms with E-state index in [1.807, 2.05) is 36.4 Å². The molecule has 17 heteroatoms. The zero-order valence-electron chi connectivity index (χ0n) is 21.0. The fourth-order valence-electron chi connectivity index (χ4n) is 1.90. The summed E-state index contributed by atoms with van der Waals surface area (Å²) in [7, 11) is 0. The van der Waals surface area contributed by atoms with E-state index in [2.05, 4.69) is 70.0 Å². The van der Waals surface area contributed by atoms with E-state index in [0.717, 1.165) is 7.14 Å². The first-order chi connectivity index (χ1) is 17.1. The van der Waals surface area contributed by atoms with E-state index < -0.39 is 0 Å². The number of rotatable bonds is 3. The summed E-state index contributed by atoms with van der Waals surface area (Å²) < 4.78 is 7.62. The molecule has 2 aromatic carbocycles. The van der Waals surface area contributed by atoms with Gasteiger partial charge in [0.05, 0.1) is 6.20 Å². The van der Waals surface area contributed by atoms with E-state index in [-0.39, 0.29) is 163 Å². The van der Waals surface area contributed by atoms with Crippen molar-refractivity contribution in [2.45, 2.75) is 0 Å². The second-order valence-electron chi connectivity index (χ2n) is 5.85. The smallest absolute Gasteiger partial charge is 1.00 e. The molecule has 4 aromatic rings. The second kappa shape index (κ2) is 24.9. The van der Waals surface area contributed by atoms with E-state index >= 15 is 0 Å². The molecule has 0 bridgehead atoms. The van der Waals surface area contributed by atoms with Crippen LogP contribution < -0.4 is 159 Å². The molecular formula is C21H18Cl2Cs2I2N6O5. The standard InChI is InChI=1S/C10H7ClIN3O.C6H5IO.C4H4ClN3.CH2O3.2Cs.H/c11-8-5-14-10(13)15-9(8)16-7-3-1-2-6(12)4-7;7-5-2-1-3-6(8)4-5;5-3-1-2-7-4(6)8-3;2-1-4-3;;;/h1-5H,(H2,13,14,15);1-4,8H;1-2H,(H2,6,7,8);1,3H;;;/q;;;;2*+1;-1/p-1. The van der Waals surface area contributed by atoms with Crippen LogP contribution in [0.1, 0.15) is 1.43 Å². The first-order valence-corrected chi connectivity index (χ1v) is 12.2. The molecule has 0 unspecified atom stereocenters. The second-order valence-corrected chi connectivity index (χ2v) is 9.14. The van der Waals surface area contributed by atoms with Crippen molar-refractivity contribution in [3.63, 3.8) is 0 Å². The van der Waals surface area contributed by atoms with Crippen LogP contribution in [0.2, 0.25) is 10.2 Å². The fourth-order valence-corrected chi connectivity index (χ4v) is 3.22. The van der Waals surface area contributed by atoms with Gasteiger partial charge in [-0.1, -0.05) is 35.3 Å². The molecule has 192 valence electrons. The average molecular weight is 1020 g/mol. The van der Waals surface area contributed by atoms with Crippen LogP contribution in [0.15, 0.2) is 67.0 Å². The van der Waals surface area contributed by atoms with E-state index in [9.17, 15) is 0 Å². The van der Waals surface area contributed by atoms with Crippen molar-refractivity contribution in [3.8, 4) is 17.4 Å². The predicted octanol–water partition coefficient (Wildman–Crippen LogP) is -1.63. The Morgan fingerprint density at radius 3 is 1.97 bits per heavy atom. The minimum absolute atomic E-state index is 0. The zero-order chi connectivity index (χ0) is 26.9. The van der Waals surface area contributed by atoms with Crippen molar-refractivity contribution in [1.82, 2.24) is 19.9 Å². The average Bonchev–Trinajstić information content (AvgIpc) is 2.82. The molecule has 2 aromatic heterocycles. The molecule has 0 aliphatic carbocycles. The van der Waals surface area contributed by atoms with E-state index in [1.165, 1.54) is 12.4 Å². The summed E-state index contributed by atoms with van der Waals surface area (Å²) in [6.45, 7) is -0.181. The molecule has 0 aliphatic heterocycles. The van der Waals surface area contributed by atoms with Crippen LogP contribution in [0.3, 0.4) is 0 Å². The van der Waals surface area contributed by atoms with Gasteiger partial charge in [-0.05, 0) is 87.6 Å². The van der Waals surface area contributed by atoms with Crippen LogP contribution in [0.25, 0.3) is 0 Å². The van der Waals surface area contributed by atoms with Crippen molar-refractivity contribution in [1.29, 1.82) is 0 Å². The third-order valence-corrected chi connectivity index (χ3v) is 5.04. The van der Waals surface area contributed by atoms with Crippen molar-refractivity contribution < 1.29 is 164 Å². The van der Waals surface area contributed by atoms with Crippen LogP contribution >= 0.6 is 68.4 Å².